The highest BCUT2D eigenvalue weighted by molar-refractivity contribution is 5.69. The molecule has 0 aliphatic carbocycles. The summed E-state index contributed by atoms with van der Waals surface area (Å²) in [7, 11) is 0. The minimum absolute atomic E-state index is 0.0199. The Balaban J connectivity index is 2.79. The van der Waals surface area contributed by atoms with Crippen LogP contribution in [0.25, 0.3) is 0 Å². The Kier molecular flexibility index (Phi) is 4.77. The van der Waals surface area contributed by atoms with Crippen molar-refractivity contribution in [2.24, 2.45) is 11.8 Å². The maximum Gasteiger partial charge on any atom is 0.410 e. The van der Waals surface area contributed by atoms with Gasteiger partial charge in [-0.05, 0) is 39.0 Å². The first-order chi connectivity index (χ1) is 8.24. The van der Waals surface area contributed by atoms with Gasteiger partial charge >= 0.3 is 6.09 Å². The van der Waals surface area contributed by atoms with Gasteiger partial charge in [0.05, 0.1) is 0 Å². The Labute approximate surface area is 110 Å². The molecule has 4 heteroatoms. The van der Waals surface area contributed by atoms with E-state index in [-0.39, 0.29) is 12.1 Å². The van der Waals surface area contributed by atoms with E-state index in [1.165, 1.54) is 0 Å². The molecule has 0 aromatic rings. The molecule has 0 saturated carbocycles. The van der Waals surface area contributed by atoms with E-state index in [4.69, 9.17) is 4.74 Å². The Hall–Kier alpha value is -1.06. The molecule has 1 saturated heterocycles. The van der Waals surface area contributed by atoms with Gasteiger partial charge in [-0.25, -0.2) is 4.79 Å². The molecule has 0 N–H and O–H groups in total. The first-order valence-electron chi connectivity index (χ1n) is 6.68. The predicted octanol–water partition coefficient (Wildman–Crippen LogP) is 2.86. The van der Waals surface area contributed by atoms with E-state index < -0.39 is 5.60 Å². The number of aldehydes is 1. The highest BCUT2D eigenvalue weighted by Crippen LogP contribution is 2.29. The van der Waals surface area contributed by atoms with Crippen molar-refractivity contribution in [2.45, 2.75) is 59.1 Å². The zero-order chi connectivity index (χ0) is 13.9. The highest BCUT2D eigenvalue weighted by atomic mass is 16.6. The van der Waals surface area contributed by atoms with E-state index in [9.17, 15) is 9.59 Å². The number of likely N-dealkylation sites (tertiary alicyclic amines) is 1. The predicted molar refractivity (Wildman–Crippen MR) is 70.4 cm³/mol. The molecule has 0 aromatic carbocycles. The maximum absolute atomic E-state index is 12.2. The average Bonchev–Trinajstić information content (AvgIpc) is 2.19. The number of piperidine rings is 1. The molecular formula is C14H25NO3. The molecule has 0 bridgehead atoms. The number of hydrogen-bond acceptors (Lipinski definition) is 3. The SMILES string of the molecule is CC1CC(C)C(CC=O)N(C(=O)OC(C)(C)C)C1. The van der Waals surface area contributed by atoms with Crippen molar-refractivity contribution in [1.29, 1.82) is 0 Å². The molecule has 1 rings (SSSR count). The summed E-state index contributed by atoms with van der Waals surface area (Å²) in [5.41, 5.74) is -0.493. The van der Waals surface area contributed by atoms with Crippen LogP contribution in [0.15, 0.2) is 0 Å². The van der Waals surface area contributed by atoms with Gasteiger partial charge in [-0.15, -0.1) is 0 Å². The van der Waals surface area contributed by atoms with Gasteiger partial charge < -0.3 is 14.4 Å². The van der Waals surface area contributed by atoms with Crippen molar-refractivity contribution in [1.82, 2.24) is 4.90 Å². The number of rotatable bonds is 2. The Morgan fingerprint density at radius 2 is 2.00 bits per heavy atom. The third kappa shape index (κ3) is 4.00. The first-order valence-corrected chi connectivity index (χ1v) is 6.68. The minimum Gasteiger partial charge on any atom is -0.444 e. The fraction of sp³-hybridized carbons (Fsp3) is 0.857. The van der Waals surface area contributed by atoms with Crippen LogP contribution in [-0.4, -0.2) is 35.5 Å². The first kappa shape index (κ1) is 15.0. The summed E-state index contributed by atoms with van der Waals surface area (Å²) in [6.07, 6.45) is 2.05. The van der Waals surface area contributed by atoms with Crippen molar-refractivity contribution < 1.29 is 14.3 Å². The van der Waals surface area contributed by atoms with E-state index in [1.807, 2.05) is 20.8 Å². The topological polar surface area (TPSA) is 46.6 Å². The lowest BCUT2D eigenvalue weighted by atomic mass is 9.84. The monoisotopic (exact) mass is 255 g/mol. The number of amides is 1. The van der Waals surface area contributed by atoms with Gasteiger partial charge in [-0.3, -0.25) is 0 Å². The summed E-state index contributed by atoms with van der Waals surface area (Å²) in [4.78, 5) is 24.7. The molecule has 18 heavy (non-hydrogen) atoms. The molecular weight excluding hydrogens is 230 g/mol. The third-order valence-electron chi connectivity index (χ3n) is 3.31. The lowest BCUT2D eigenvalue weighted by Gasteiger charge is -2.42. The second kappa shape index (κ2) is 5.72. The summed E-state index contributed by atoms with van der Waals surface area (Å²) in [6, 6.07) is -0.0199. The second-order valence-electron chi connectivity index (χ2n) is 6.42. The number of nitrogens with zero attached hydrogens (tertiary/aromatic N) is 1. The van der Waals surface area contributed by atoms with Crippen molar-refractivity contribution in [3.05, 3.63) is 0 Å². The van der Waals surface area contributed by atoms with Crippen LogP contribution in [0.4, 0.5) is 4.79 Å². The molecule has 104 valence electrons. The lowest BCUT2D eigenvalue weighted by Crippen LogP contribution is -2.51. The fourth-order valence-electron chi connectivity index (χ4n) is 2.63. The Morgan fingerprint density at radius 1 is 1.39 bits per heavy atom. The van der Waals surface area contributed by atoms with Crippen molar-refractivity contribution >= 4 is 12.4 Å². The van der Waals surface area contributed by atoms with E-state index in [1.54, 1.807) is 4.90 Å². The minimum atomic E-state index is -0.493. The molecule has 0 aromatic heterocycles. The molecule has 3 unspecified atom stereocenters. The fourth-order valence-corrected chi connectivity index (χ4v) is 2.63. The van der Waals surface area contributed by atoms with Crippen LogP contribution in [0.3, 0.4) is 0 Å². The summed E-state index contributed by atoms with van der Waals surface area (Å²) >= 11 is 0. The highest BCUT2D eigenvalue weighted by Gasteiger charge is 2.36. The molecule has 1 amide bonds. The molecule has 4 nitrogen and oxygen atoms in total. The van der Waals surface area contributed by atoms with Crippen LogP contribution in [0.2, 0.25) is 0 Å². The Bertz CT molecular complexity index is 309. The van der Waals surface area contributed by atoms with Gasteiger partial charge in [0, 0.05) is 19.0 Å². The van der Waals surface area contributed by atoms with Crippen molar-refractivity contribution in [3.8, 4) is 0 Å². The lowest BCUT2D eigenvalue weighted by molar-refractivity contribution is -0.109. The van der Waals surface area contributed by atoms with Crippen LogP contribution in [0.5, 0.6) is 0 Å². The van der Waals surface area contributed by atoms with E-state index >= 15 is 0 Å². The number of ether oxygens (including phenoxy) is 1. The summed E-state index contributed by atoms with van der Waals surface area (Å²) in [5.74, 6) is 0.793. The number of carbonyl (C=O) groups is 2. The van der Waals surface area contributed by atoms with Gasteiger partial charge in [0.2, 0.25) is 0 Å². The molecule has 0 radical (unpaired) electrons. The van der Waals surface area contributed by atoms with Gasteiger partial charge in [-0.1, -0.05) is 13.8 Å². The van der Waals surface area contributed by atoms with Crippen LogP contribution in [0.1, 0.15) is 47.5 Å². The largest absolute Gasteiger partial charge is 0.444 e. The molecule has 1 aliphatic heterocycles. The van der Waals surface area contributed by atoms with Crippen molar-refractivity contribution in [2.75, 3.05) is 6.54 Å². The smallest absolute Gasteiger partial charge is 0.410 e. The van der Waals surface area contributed by atoms with Gasteiger partial charge in [0.1, 0.15) is 11.9 Å². The standard InChI is InChI=1S/C14H25NO3/c1-10-8-11(2)12(6-7-16)15(9-10)13(17)18-14(3,4)5/h7,10-12H,6,8-9H2,1-5H3. The van der Waals surface area contributed by atoms with Crippen LogP contribution in [-0.2, 0) is 9.53 Å². The van der Waals surface area contributed by atoms with Gasteiger partial charge in [-0.2, -0.15) is 0 Å². The van der Waals surface area contributed by atoms with Crippen LogP contribution >= 0.6 is 0 Å². The molecule has 1 fully saturated rings. The zero-order valence-corrected chi connectivity index (χ0v) is 12.1. The number of carbonyl (C=O) groups excluding carboxylic acids is 2. The van der Waals surface area contributed by atoms with Crippen LogP contribution < -0.4 is 0 Å². The summed E-state index contributed by atoms with van der Waals surface area (Å²) in [5, 5.41) is 0. The third-order valence-corrected chi connectivity index (χ3v) is 3.31. The molecule has 1 heterocycles. The second-order valence-corrected chi connectivity index (χ2v) is 6.42. The average molecular weight is 255 g/mol. The normalized spacial score (nSPS) is 28.9. The van der Waals surface area contributed by atoms with Crippen molar-refractivity contribution in [3.63, 3.8) is 0 Å². The zero-order valence-electron chi connectivity index (χ0n) is 12.1. The van der Waals surface area contributed by atoms with E-state index in [2.05, 4.69) is 13.8 Å². The molecule has 3 atom stereocenters. The molecule has 0 spiro atoms. The summed E-state index contributed by atoms with van der Waals surface area (Å²) in [6.45, 7) is 10.5. The van der Waals surface area contributed by atoms with Crippen LogP contribution in [0, 0.1) is 11.8 Å². The Morgan fingerprint density at radius 3 is 2.50 bits per heavy atom. The quantitative estimate of drug-likeness (QED) is 0.713. The van der Waals surface area contributed by atoms with E-state index in [0.717, 1.165) is 12.7 Å². The summed E-state index contributed by atoms with van der Waals surface area (Å²) < 4.78 is 5.42. The maximum atomic E-state index is 12.2. The van der Waals surface area contributed by atoms with Gasteiger partial charge in [0.25, 0.3) is 0 Å². The van der Waals surface area contributed by atoms with E-state index in [0.29, 0.717) is 24.8 Å². The van der Waals surface area contributed by atoms with Gasteiger partial charge in [0.15, 0.2) is 0 Å². The number of hydrogen-bond donors (Lipinski definition) is 0. The molecule has 1 aliphatic rings.